The molecule has 0 saturated carbocycles. The number of benzene rings is 1. The number of hydrogen-bond acceptors (Lipinski definition) is 7. The van der Waals surface area contributed by atoms with Crippen LogP contribution in [0.15, 0.2) is 30.3 Å². The number of ether oxygens (including phenoxy) is 3. The summed E-state index contributed by atoms with van der Waals surface area (Å²) in [6, 6.07) is 7.98. The maximum absolute atomic E-state index is 12.6. The number of esters is 1. The van der Waals surface area contributed by atoms with Crippen molar-refractivity contribution in [1.29, 1.82) is 0 Å². The van der Waals surface area contributed by atoms with Gasteiger partial charge in [0.25, 0.3) is 0 Å². The number of hydrogen-bond donors (Lipinski definition) is 3. The van der Waals surface area contributed by atoms with Crippen LogP contribution in [-0.4, -0.2) is 54.5 Å². The maximum atomic E-state index is 12.6. The fraction of sp³-hybridized carbons (Fsp3) is 0.545. The van der Waals surface area contributed by atoms with E-state index in [0.29, 0.717) is 0 Å². The molecule has 10 heteroatoms. The van der Waals surface area contributed by atoms with Crippen LogP contribution >= 0.6 is 0 Å². The molecule has 0 aromatic heterocycles. The molecule has 0 bridgehead atoms. The summed E-state index contributed by atoms with van der Waals surface area (Å²) in [6.07, 6.45) is -1.61. The molecule has 0 saturated heterocycles. The van der Waals surface area contributed by atoms with Crippen LogP contribution in [0.1, 0.15) is 47.1 Å². The van der Waals surface area contributed by atoms with Crippen LogP contribution in [-0.2, 0) is 30.3 Å². The molecule has 0 radical (unpaired) electrons. The molecule has 3 N–H and O–H groups in total. The summed E-state index contributed by atoms with van der Waals surface area (Å²) in [5.41, 5.74) is -0.633. The minimum atomic E-state index is -1.20. The van der Waals surface area contributed by atoms with Gasteiger partial charge >= 0.3 is 18.2 Å². The van der Waals surface area contributed by atoms with E-state index in [9.17, 15) is 19.2 Å². The van der Waals surface area contributed by atoms with Gasteiger partial charge in [-0.2, -0.15) is 0 Å². The molecule has 32 heavy (non-hydrogen) atoms. The molecule has 3 amide bonds. The first-order chi connectivity index (χ1) is 14.7. The molecule has 1 atom stereocenters. The molecule has 0 unspecified atom stereocenters. The van der Waals surface area contributed by atoms with Gasteiger partial charge in [-0.3, -0.25) is 9.59 Å². The second kappa shape index (κ2) is 11.9. The first-order valence-electron chi connectivity index (χ1n) is 10.2. The second-order valence-electron chi connectivity index (χ2n) is 8.94. The number of nitrogens with one attached hydrogen (secondary N) is 3. The van der Waals surface area contributed by atoms with Crippen molar-refractivity contribution in [2.45, 2.75) is 65.3 Å². The lowest BCUT2D eigenvalue weighted by Crippen LogP contribution is -2.51. The molecular weight excluding hydrogens is 418 g/mol. The van der Waals surface area contributed by atoms with E-state index in [0.717, 1.165) is 5.56 Å². The fourth-order valence-corrected chi connectivity index (χ4v) is 2.23. The van der Waals surface area contributed by atoms with Gasteiger partial charge in [0.2, 0.25) is 5.91 Å². The van der Waals surface area contributed by atoms with Gasteiger partial charge in [0.1, 0.15) is 30.4 Å². The van der Waals surface area contributed by atoms with Crippen molar-refractivity contribution >= 4 is 24.1 Å². The minimum Gasteiger partial charge on any atom is -0.462 e. The lowest BCUT2D eigenvalue weighted by Gasteiger charge is -2.23. The molecule has 1 aromatic rings. The smallest absolute Gasteiger partial charge is 0.408 e. The van der Waals surface area contributed by atoms with Crippen LogP contribution in [0.2, 0.25) is 0 Å². The van der Waals surface area contributed by atoms with Gasteiger partial charge in [0.15, 0.2) is 0 Å². The van der Waals surface area contributed by atoms with E-state index in [2.05, 4.69) is 16.0 Å². The Morgan fingerprint density at radius 3 is 1.97 bits per heavy atom. The van der Waals surface area contributed by atoms with Crippen LogP contribution in [0.5, 0.6) is 0 Å². The molecule has 10 nitrogen and oxygen atoms in total. The zero-order valence-corrected chi connectivity index (χ0v) is 19.4. The van der Waals surface area contributed by atoms with Crippen molar-refractivity contribution in [2.24, 2.45) is 0 Å². The zero-order chi connectivity index (χ0) is 24.4. The first kappa shape index (κ1) is 26.7. The Morgan fingerprint density at radius 2 is 1.41 bits per heavy atom. The van der Waals surface area contributed by atoms with Crippen molar-refractivity contribution in [1.82, 2.24) is 16.0 Å². The van der Waals surface area contributed by atoms with Gasteiger partial charge in [-0.25, -0.2) is 9.59 Å². The Kier molecular flexibility index (Phi) is 9.96. The summed E-state index contributed by atoms with van der Waals surface area (Å²) in [7, 11) is 0. The van der Waals surface area contributed by atoms with E-state index >= 15 is 0 Å². The van der Waals surface area contributed by atoms with E-state index in [1.165, 1.54) is 0 Å². The third-order valence-corrected chi connectivity index (χ3v) is 3.50. The SMILES string of the molecule is CC(C)(C)OC(=O)NCC(=O)OC[C@H](NC(=O)OC(C)(C)C)C(=O)NCc1ccccc1. The molecule has 178 valence electrons. The number of rotatable bonds is 8. The molecule has 0 aliphatic heterocycles. The fourth-order valence-electron chi connectivity index (χ4n) is 2.23. The maximum Gasteiger partial charge on any atom is 0.408 e. The van der Waals surface area contributed by atoms with E-state index in [-0.39, 0.29) is 6.54 Å². The highest BCUT2D eigenvalue weighted by Crippen LogP contribution is 2.08. The summed E-state index contributed by atoms with van der Waals surface area (Å²) in [5, 5.41) is 7.34. The van der Waals surface area contributed by atoms with Gasteiger partial charge in [0.05, 0.1) is 0 Å². The number of alkyl carbamates (subject to hydrolysis) is 2. The Bertz CT molecular complexity index is 783. The first-order valence-corrected chi connectivity index (χ1v) is 10.2. The summed E-state index contributed by atoms with van der Waals surface area (Å²) in [6.45, 7) is 9.41. The third kappa shape index (κ3) is 12.4. The Balaban J connectivity index is 2.65. The number of carbonyl (C=O) groups excluding carboxylic acids is 4. The largest absolute Gasteiger partial charge is 0.462 e. The average Bonchev–Trinajstić information content (AvgIpc) is 2.65. The Morgan fingerprint density at radius 1 is 0.844 bits per heavy atom. The monoisotopic (exact) mass is 451 g/mol. The van der Waals surface area contributed by atoms with E-state index in [4.69, 9.17) is 14.2 Å². The van der Waals surface area contributed by atoms with Crippen LogP contribution < -0.4 is 16.0 Å². The lowest BCUT2D eigenvalue weighted by molar-refractivity contribution is -0.144. The minimum absolute atomic E-state index is 0.223. The molecule has 0 fully saturated rings. The average molecular weight is 452 g/mol. The van der Waals surface area contributed by atoms with E-state index in [1.807, 2.05) is 30.3 Å². The molecule has 0 spiro atoms. The quantitative estimate of drug-likeness (QED) is 0.408. The zero-order valence-electron chi connectivity index (χ0n) is 19.4. The van der Waals surface area contributed by atoms with Crippen LogP contribution in [0.3, 0.4) is 0 Å². The number of amides is 3. The van der Waals surface area contributed by atoms with Gasteiger partial charge in [0, 0.05) is 6.54 Å². The summed E-state index contributed by atoms with van der Waals surface area (Å²) >= 11 is 0. The molecule has 1 rings (SSSR count). The second-order valence-corrected chi connectivity index (χ2v) is 8.94. The van der Waals surface area contributed by atoms with Crippen molar-refractivity contribution in [3.05, 3.63) is 35.9 Å². The van der Waals surface area contributed by atoms with Gasteiger partial charge in [-0.15, -0.1) is 0 Å². The predicted octanol–water partition coefficient (Wildman–Crippen LogP) is 2.26. The topological polar surface area (TPSA) is 132 Å². The molecule has 1 aromatic carbocycles. The third-order valence-electron chi connectivity index (χ3n) is 3.50. The summed E-state index contributed by atoms with van der Waals surface area (Å²) < 4.78 is 15.2. The highest BCUT2D eigenvalue weighted by Gasteiger charge is 2.26. The van der Waals surface area contributed by atoms with Crippen molar-refractivity contribution < 1.29 is 33.4 Å². The summed E-state index contributed by atoms with van der Waals surface area (Å²) in [4.78, 5) is 48.3. The highest BCUT2D eigenvalue weighted by atomic mass is 16.6. The van der Waals surface area contributed by atoms with Crippen molar-refractivity contribution in [3.63, 3.8) is 0 Å². The highest BCUT2D eigenvalue weighted by molar-refractivity contribution is 5.86. The van der Waals surface area contributed by atoms with Gasteiger partial charge in [-0.1, -0.05) is 30.3 Å². The van der Waals surface area contributed by atoms with Crippen LogP contribution in [0, 0.1) is 0 Å². The molecule has 0 aliphatic rings. The van der Waals surface area contributed by atoms with Crippen LogP contribution in [0.25, 0.3) is 0 Å². The molecule has 0 heterocycles. The molecular formula is C22H33N3O7. The van der Waals surface area contributed by atoms with Crippen LogP contribution in [0.4, 0.5) is 9.59 Å². The van der Waals surface area contributed by atoms with Gasteiger partial charge < -0.3 is 30.2 Å². The normalized spacial score (nSPS) is 12.2. The summed E-state index contributed by atoms with van der Waals surface area (Å²) in [5.74, 6) is -1.37. The standard InChI is InChI=1S/C22H33N3O7/c1-21(2,3)31-19(28)24-13-17(26)30-14-16(25-20(29)32-22(4,5)6)18(27)23-12-15-10-8-7-9-11-15/h7-11,16H,12-14H2,1-6H3,(H,23,27)(H,24,28)(H,25,29)/t16-/m0/s1. The van der Waals surface area contributed by atoms with Crippen molar-refractivity contribution in [2.75, 3.05) is 13.2 Å². The van der Waals surface area contributed by atoms with Crippen molar-refractivity contribution in [3.8, 4) is 0 Å². The molecule has 0 aliphatic carbocycles. The van der Waals surface area contributed by atoms with E-state index in [1.54, 1.807) is 41.5 Å². The Labute approximate surface area is 188 Å². The Hall–Kier alpha value is -3.30. The number of carbonyl (C=O) groups is 4. The lowest BCUT2D eigenvalue weighted by atomic mass is 10.2. The van der Waals surface area contributed by atoms with Gasteiger partial charge in [-0.05, 0) is 47.1 Å². The predicted molar refractivity (Wildman–Crippen MR) is 117 cm³/mol. The van der Waals surface area contributed by atoms with E-state index < -0.39 is 54.5 Å².